The van der Waals surface area contributed by atoms with Crippen molar-refractivity contribution in [3.05, 3.63) is 0 Å². The van der Waals surface area contributed by atoms with E-state index in [4.69, 9.17) is 0 Å². The van der Waals surface area contributed by atoms with E-state index in [1.165, 1.54) is 0 Å². The molecule has 0 aromatic carbocycles. The minimum Gasteiger partial charge on any atom is -0.160 e. The second kappa shape index (κ2) is 5.97. The van der Waals surface area contributed by atoms with E-state index in [0.29, 0.717) is 0 Å². The third kappa shape index (κ3) is 11.1. The molecule has 0 unspecified atom stereocenters. The molecule has 0 saturated carbocycles. The molecule has 11 heteroatoms. The van der Waals surface area contributed by atoms with Crippen molar-refractivity contribution in [1.82, 2.24) is 0 Å². The summed E-state index contributed by atoms with van der Waals surface area (Å²) < 4.78 is 68.8. The van der Waals surface area contributed by atoms with E-state index in [9.17, 15) is 26.3 Å². The Morgan fingerprint density at radius 2 is 1.07 bits per heavy atom. The molecule has 0 aromatic rings. The van der Waals surface area contributed by atoms with Gasteiger partial charge in [0.1, 0.15) is 3.53 Å². The van der Waals surface area contributed by atoms with Gasteiger partial charge in [-0.1, -0.05) is 12.2 Å². The molecule has 0 rings (SSSR count). The topological polar surface area (TPSA) is 0 Å². The van der Waals surface area contributed by atoms with E-state index >= 15 is 0 Å². The molecule has 0 bridgehead atoms. The van der Waals surface area contributed by atoms with Crippen molar-refractivity contribution < 1.29 is 26.3 Å². The summed E-state index contributed by atoms with van der Waals surface area (Å²) in [6.07, 6.45) is 0. The maximum Gasteiger partial charge on any atom is 0.452 e. The SMILES string of the molecule is FC(F)(F)SSC(=S)SSC(F)(F)F. The Morgan fingerprint density at radius 3 is 1.29 bits per heavy atom. The highest BCUT2D eigenvalue weighted by atomic mass is 33.1. The quantitative estimate of drug-likeness (QED) is 0.395. The van der Waals surface area contributed by atoms with Gasteiger partial charge < -0.3 is 0 Å². The van der Waals surface area contributed by atoms with E-state index in [1.54, 1.807) is 0 Å². The smallest absolute Gasteiger partial charge is 0.160 e. The molecule has 14 heavy (non-hydrogen) atoms. The number of hydrogen-bond donors (Lipinski definition) is 0. The second-order valence-electron chi connectivity index (χ2n) is 1.47. The molecule has 84 valence electrons. The summed E-state index contributed by atoms with van der Waals surface area (Å²) in [4.78, 5) is 0. The Morgan fingerprint density at radius 1 is 0.786 bits per heavy atom. The highest BCUT2D eigenvalue weighted by Crippen LogP contribution is 2.48. The number of halogens is 6. The lowest BCUT2D eigenvalue weighted by Crippen LogP contribution is -1.98. The van der Waals surface area contributed by atoms with Gasteiger partial charge in [0.15, 0.2) is 0 Å². The summed E-state index contributed by atoms with van der Waals surface area (Å²) in [7, 11) is -0.889. The van der Waals surface area contributed by atoms with Crippen LogP contribution in [0, 0.1) is 0 Å². The van der Waals surface area contributed by atoms with E-state index < -0.39 is 36.1 Å². The van der Waals surface area contributed by atoms with Gasteiger partial charge in [-0.3, -0.25) is 0 Å². The molecule has 0 saturated heterocycles. The summed E-state index contributed by atoms with van der Waals surface area (Å²) >= 11 is 4.27. The van der Waals surface area contributed by atoms with Gasteiger partial charge in [0.25, 0.3) is 0 Å². The molecular weight excluding hydrogens is 310 g/mol. The fourth-order valence-corrected chi connectivity index (χ4v) is 3.81. The minimum atomic E-state index is -4.50. The summed E-state index contributed by atoms with van der Waals surface area (Å²) in [6, 6.07) is 0. The summed E-state index contributed by atoms with van der Waals surface area (Å²) in [5.74, 6) is 0. The summed E-state index contributed by atoms with van der Waals surface area (Å²) in [5, 5.41) is 0. The molecule has 0 heterocycles. The van der Waals surface area contributed by atoms with Crippen LogP contribution in [-0.2, 0) is 0 Å². The van der Waals surface area contributed by atoms with Crippen LogP contribution >= 0.6 is 55.4 Å². The van der Waals surface area contributed by atoms with Crippen molar-refractivity contribution in [3.63, 3.8) is 0 Å². The Bertz CT molecular complexity index is 175. The van der Waals surface area contributed by atoms with Gasteiger partial charge >= 0.3 is 11.0 Å². The predicted octanol–water partition coefficient (Wildman–Crippen LogP) is 5.07. The first-order valence-electron chi connectivity index (χ1n) is 2.49. The van der Waals surface area contributed by atoms with Gasteiger partial charge in [0, 0.05) is 21.6 Å². The molecule has 0 aromatic heterocycles. The maximum atomic E-state index is 11.5. The molecule has 0 spiro atoms. The molecule has 0 amide bonds. The van der Waals surface area contributed by atoms with Crippen LogP contribution in [0.3, 0.4) is 0 Å². The van der Waals surface area contributed by atoms with Crippen LogP contribution in [0.5, 0.6) is 0 Å². The van der Waals surface area contributed by atoms with Crippen LogP contribution in [0.1, 0.15) is 0 Å². The van der Waals surface area contributed by atoms with Gasteiger partial charge in [0.05, 0.1) is 0 Å². The largest absolute Gasteiger partial charge is 0.452 e. The molecular formula is C3F6S5. The van der Waals surface area contributed by atoms with Gasteiger partial charge in [-0.2, -0.15) is 26.3 Å². The zero-order valence-corrected chi connectivity index (χ0v) is 9.89. The first-order chi connectivity index (χ1) is 6.10. The van der Waals surface area contributed by atoms with Crippen molar-refractivity contribution in [2.24, 2.45) is 0 Å². The lowest BCUT2D eigenvalue weighted by molar-refractivity contribution is -0.0320. The Labute approximate surface area is 96.1 Å². The van der Waals surface area contributed by atoms with Crippen molar-refractivity contribution in [3.8, 4) is 0 Å². The molecule has 0 N–H and O–H groups in total. The lowest BCUT2D eigenvalue weighted by Gasteiger charge is -2.06. The van der Waals surface area contributed by atoms with Crippen LogP contribution in [0.15, 0.2) is 0 Å². The monoisotopic (exact) mass is 310 g/mol. The molecule has 0 radical (unpaired) electrons. The zero-order chi connectivity index (χ0) is 11.4. The van der Waals surface area contributed by atoms with Crippen LogP contribution in [0.25, 0.3) is 0 Å². The third-order valence-corrected chi connectivity index (χ3v) is 6.13. The second-order valence-corrected chi connectivity index (χ2v) is 7.07. The van der Waals surface area contributed by atoms with Crippen molar-refractivity contribution in [2.45, 2.75) is 11.0 Å². The van der Waals surface area contributed by atoms with Crippen LogP contribution < -0.4 is 0 Å². The van der Waals surface area contributed by atoms with E-state index in [0.717, 1.165) is 0 Å². The average molecular weight is 310 g/mol. The highest BCUT2D eigenvalue weighted by Gasteiger charge is 2.32. The van der Waals surface area contributed by atoms with Crippen molar-refractivity contribution in [2.75, 3.05) is 0 Å². The zero-order valence-electron chi connectivity index (χ0n) is 5.81. The lowest BCUT2D eigenvalue weighted by atomic mass is 11.6. The minimum absolute atomic E-state index is 0.0893. The molecule has 0 fully saturated rings. The Kier molecular flexibility index (Phi) is 6.42. The van der Waals surface area contributed by atoms with E-state index in [2.05, 4.69) is 12.2 Å². The number of rotatable bonds is 2. The van der Waals surface area contributed by atoms with Gasteiger partial charge in [0.2, 0.25) is 0 Å². The maximum absolute atomic E-state index is 11.5. The van der Waals surface area contributed by atoms with Gasteiger partial charge in [-0.05, 0) is 21.6 Å². The molecule has 0 aliphatic heterocycles. The van der Waals surface area contributed by atoms with Gasteiger partial charge in [-0.15, -0.1) is 0 Å². The summed E-state index contributed by atoms with van der Waals surface area (Å²) in [6.45, 7) is 0. The highest BCUT2D eigenvalue weighted by molar-refractivity contribution is 8.98. The van der Waals surface area contributed by atoms with Gasteiger partial charge in [-0.25, -0.2) is 0 Å². The van der Waals surface area contributed by atoms with Crippen LogP contribution in [-0.4, -0.2) is 14.5 Å². The normalized spacial score (nSPS) is 13.0. The number of hydrogen-bond acceptors (Lipinski definition) is 5. The molecule has 0 aliphatic carbocycles. The van der Waals surface area contributed by atoms with Crippen molar-refractivity contribution in [1.29, 1.82) is 0 Å². The average Bonchev–Trinajstić information content (AvgIpc) is 1.94. The third-order valence-electron chi connectivity index (χ3n) is 0.408. The predicted molar refractivity (Wildman–Crippen MR) is 55.1 cm³/mol. The first-order valence-corrected chi connectivity index (χ1v) is 7.20. The molecule has 0 aliphatic rings. The Hall–Kier alpha value is 1.07. The Balaban J connectivity index is 3.68. The molecule has 0 atom stereocenters. The van der Waals surface area contributed by atoms with E-state index in [-0.39, 0.29) is 21.6 Å². The number of thiocarbonyl (C=S) groups is 1. The van der Waals surface area contributed by atoms with Crippen LogP contribution in [0.4, 0.5) is 26.3 Å². The number of alkyl halides is 6. The standard InChI is InChI=1S/C3F6S5/c4-2(5,6)13-11-1(10)12-14-3(7,8)9. The summed E-state index contributed by atoms with van der Waals surface area (Å²) in [5.41, 5.74) is -9.00. The fraction of sp³-hybridized carbons (Fsp3) is 0.667. The van der Waals surface area contributed by atoms with Crippen molar-refractivity contribution >= 4 is 58.9 Å². The van der Waals surface area contributed by atoms with E-state index in [1.807, 2.05) is 0 Å². The fourth-order valence-electron chi connectivity index (χ4n) is 0.176. The van der Waals surface area contributed by atoms with Crippen LogP contribution in [0.2, 0.25) is 0 Å². The molecule has 0 nitrogen and oxygen atoms in total. The first kappa shape index (κ1) is 15.1.